The summed E-state index contributed by atoms with van der Waals surface area (Å²) < 4.78 is 11.4. The van der Waals surface area contributed by atoms with Crippen molar-refractivity contribution in [1.82, 2.24) is 0 Å². The van der Waals surface area contributed by atoms with Crippen molar-refractivity contribution in [3.8, 4) is 11.5 Å². The summed E-state index contributed by atoms with van der Waals surface area (Å²) in [6.45, 7) is 5.25. The maximum absolute atomic E-state index is 11.1. The van der Waals surface area contributed by atoms with Crippen LogP contribution in [-0.4, -0.2) is 24.4 Å². The van der Waals surface area contributed by atoms with Gasteiger partial charge < -0.3 is 9.47 Å². The monoisotopic (exact) mass is 351 g/mol. The van der Waals surface area contributed by atoms with Gasteiger partial charge in [-0.05, 0) is 12.8 Å². The van der Waals surface area contributed by atoms with Crippen LogP contribution in [0.15, 0.2) is 12.1 Å². The number of carbonyl (C=O) groups is 1. The third kappa shape index (κ3) is 7.54. The van der Waals surface area contributed by atoms with Crippen molar-refractivity contribution in [2.24, 2.45) is 0 Å². The molecule has 0 spiro atoms. The summed E-state index contributed by atoms with van der Waals surface area (Å²) in [6.07, 6.45) is 8.93. The average molecular weight is 351 g/mol. The molecule has 0 aliphatic carbocycles. The van der Waals surface area contributed by atoms with Crippen molar-refractivity contribution in [2.45, 2.75) is 65.2 Å². The van der Waals surface area contributed by atoms with E-state index in [1.807, 2.05) is 0 Å². The average Bonchev–Trinajstić information content (AvgIpc) is 2.61. The first kappa shape index (κ1) is 20.9. The molecule has 6 nitrogen and oxygen atoms in total. The van der Waals surface area contributed by atoms with Crippen LogP contribution >= 0.6 is 0 Å². The number of nitro benzene ring substituents is 1. The highest BCUT2D eigenvalue weighted by Gasteiger charge is 2.19. The minimum atomic E-state index is -0.571. The van der Waals surface area contributed by atoms with Gasteiger partial charge in [0, 0.05) is 6.07 Å². The molecule has 0 unspecified atom stereocenters. The fourth-order valence-electron chi connectivity index (χ4n) is 2.46. The lowest BCUT2D eigenvalue weighted by molar-refractivity contribution is -0.385. The lowest BCUT2D eigenvalue weighted by Crippen LogP contribution is -2.05. The third-order valence-corrected chi connectivity index (χ3v) is 3.93. The van der Waals surface area contributed by atoms with E-state index in [-0.39, 0.29) is 11.3 Å². The molecule has 0 atom stereocenters. The second kappa shape index (κ2) is 12.3. The zero-order chi connectivity index (χ0) is 18.5. The Morgan fingerprint density at radius 1 is 0.920 bits per heavy atom. The van der Waals surface area contributed by atoms with Crippen LogP contribution in [0.1, 0.15) is 75.6 Å². The van der Waals surface area contributed by atoms with Crippen LogP contribution in [0, 0.1) is 10.1 Å². The van der Waals surface area contributed by atoms with E-state index in [1.54, 1.807) is 0 Å². The summed E-state index contributed by atoms with van der Waals surface area (Å²) >= 11 is 0. The molecular formula is C19H29NO5. The molecule has 0 amide bonds. The number of carbonyl (C=O) groups excluding carboxylic acids is 1. The Kier molecular flexibility index (Phi) is 10.3. The number of aldehydes is 1. The number of rotatable bonds is 14. The molecule has 0 aliphatic heterocycles. The summed E-state index contributed by atoms with van der Waals surface area (Å²) in [5.41, 5.74) is -0.246. The van der Waals surface area contributed by atoms with Crippen molar-refractivity contribution in [3.05, 3.63) is 27.8 Å². The molecule has 6 heteroatoms. The van der Waals surface area contributed by atoms with E-state index in [0.717, 1.165) is 51.4 Å². The van der Waals surface area contributed by atoms with Crippen molar-refractivity contribution < 1.29 is 19.2 Å². The van der Waals surface area contributed by atoms with Crippen molar-refractivity contribution in [2.75, 3.05) is 13.2 Å². The number of hydrogen-bond donors (Lipinski definition) is 0. The van der Waals surface area contributed by atoms with Gasteiger partial charge in [0.05, 0.1) is 29.8 Å². The molecule has 0 radical (unpaired) electrons. The zero-order valence-electron chi connectivity index (χ0n) is 15.3. The van der Waals surface area contributed by atoms with Gasteiger partial charge in [0.15, 0.2) is 17.8 Å². The Bertz CT molecular complexity index is 545. The summed E-state index contributed by atoms with van der Waals surface area (Å²) in [7, 11) is 0. The molecule has 0 saturated carbocycles. The third-order valence-electron chi connectivity index (χ3n) is 3.93. The minimum absolute atomic E-state index is 0.00638. The van der Waals surface area contributed by atoms with E-state index in [2.05, 4.69) is 13.8 Å². The van der Waals surface area contributed by atoms with Gasteiger partial charge in [0.2, 0.25) is 0 Å². The standard InChI is InChI=1S/C19H29NO5/c1-3-5-7-9-11-24-18-13-16(15-21)17(20(22)23)14-19(18)25-12-10-8-6-4-2/h13-15H,3-12H2,1-2H3. The first-order valence-electron chi connectivity index (χ1n) is 9.17. The molecule has 0 heterocycles. The van der Waals surface area contributed by atoms with Gasteiger partial charge in [-0.2, -0.15) is 0 Å². The molecular weight excluding hydrogens is 322 g/mol. The molecule has 0 fully saturated rings. The number of nitrogens with zero attached hydrogens (tertiary/aromatic N) is 1. The van der Waals surface area contributed by atoms with Gasteiger partial charge in [0.1, 0.15) is 0 Å². The first-order valence-corrected chi connectivity index (χ1v) is 9.17. The summed E-state index contributed by atoms with van der Waals surface area (Å²) in [6, 6.07) is 2.71. The number of benzene rings is 1. The second-order valence-electron chi connectivity index (χ2n) is 6.05. The molecule has 0 saturated heterocycles. The van der Waals surface area contributed by atoms with Gasteiger partial charge in [0.25, 0.3) is 5.69 Å². The Balaban J connectivity index is 2.81. The lowest BCUT2D eigenvalue weighted by Gasteiger charge is -2.13. The fraction of sp³-hybridized carbons (Fsp3) is 0.632. The predicted octanol–water partition coefficient (Wildman–Crippen LogP) is 5.33. The molecule has 0 aliphatic rings. The maximum Gasteiger partial charge on any atom is 0.283 e. The molecule has 140 valence electrons. The Labute approximate surface area is 149 Å². The summed E-state index contributed by atoms with van der Waals surface area (Å²) in [4.78, 5) is 21.7. The van der Waals surface area contributed by atoms with Gasteiger partial charge in [-0.25, -0.2) is 0 Å². The normalized spacial score (nSPS) is 10.5. The minimum Gasteiger partial charge on any atom is -0.490 e. The van der Waals surface area contributed by atoms with Crippen LogP contribution in [0.25, 0.3) is 0 Å². The second-order valence-corrected chi connectivity index (χ2v) is 6.05. The van der Waals surface area contributed by atoms with Crippen molar-refractivity contribution in [3.63, 3.8) is 0 Å². The van der Waals surface area contributed by atoms with Crippen molar-refractivity contribution >= 4 is 12.0 Å². The molecule has 1 aromatic rings. The quantitative estimate of drug-likeness (QED) is 0.196. The van der Waals surface area contributed by atoms with Gasteiger partial charge in [-0.1, -0.05) is 52.4 Å². The first-order chi connectivity index (χ1) is 12.1. The largest absolute Gasteiger partial charge is 0.490 e. The van der Waals surface area contributed by atoms with Crippen LogP contribution in [-0.2, 0) is 0 Å². The SMILES string of the molecule is CCCCCCOc1cc(C=O)c([N+](=O)[O-])cc1OCCCCCC. The van der Waals surface area contributed by atoms with E-state index in [4.69, 9.17) is 9.47 Å². The maximum atomic E-state index is 11.1. The molecule has 0 N–H and O–H groups in total. The highest BCUT2D eigenvalue weighted by atomic mass is 16.6. The van der Waals surface area contributed by atoms with Crippen LogP contribution in [0.5, 0.6) is 11.5 Å². The zero-order valence-corrected chi connectivity index (χ0v) is 15.3. The van der Waals surface area contributed by atoms with Crippen LogP contribution in [0.3, 0.4) is 0 Å². The highest BCUT2D eigenvalue weighted by Crippen LogP contribution is 2.34. The van der Waals surface area contributed by atoms with Gasteiger partial charge in [-0.3, -0.25) is 14.9 Å². The van der Waals surface area contributed by atoms with E-state index in [9.17, 15) is 14.9 Å². The molecule has 1 aromatic carbocycles. The van der Waals surface area contributed by atoms with Crippen molar-refractivity contribution in [1.29, 1.82) is 0 Å². The lowest BCUT2D eigenvalue weighted by atomic mass is 10.1. The smallest absolute Gasteiger partial charge is 0.283 e. The number of unbranched alkanes of at least 4 members (excludes halogenated alkanes) is 6. The van der Waals surface area contributed by atoms with Crippen LogP contribution in [0.2, 0.25) is 0 Å². The molecule has 1 rings (SSSR count). The highest BCUT2D eigenvalue weighted by molar-refractivity contribution is 5.83. The van der Waals surface area contributed by atoms with E-state index in [1.165, 1.54) is 12.1 Å². The van der Waals surface area contributed by atoms with E-state index in [0.29, 0.717) is 31.0 Å². The summed E-state index contributed by atoms with van der Waals surface area (Å²) in [5, 5.41) is 11.1. The summed E-state index contributed by atoms with van der Waals surface area (Å²) in [5.74, 6) is 0.740. The van der Waals surface area contributed by atoms with Gasteiger partial charge >= 0.3 is 0 Å². The van der Waals surface area contributed by atoms with Gasteiger partial charge in [-0.15, -0.1) is 0 Å². The Hall–Kier alpha value is -2.11. The Morgan fingerprint density at radius 2 is 1.44 bits per heavy atom. The topological polar surface area (TPSA) is 78.7 Å². The van der Waals surface area contributed by atoms with E-state index >= 15 is 0 Å². The van der Waals surface area contributed by atoms with Crippen LogP contribution in [0.4, 0.5) is 5.69 Å². The number of ether oxygens (including phenoxy) is 2. The molecule has 25 heavy (non-hydrogen) atoms. The van der Waals surface area contributed by atoms with E-state index < -0.39 is 4.92 Å². The Morgan fingerprint density at radius 3 is 1.88 bits per heavy atom. The fourth-order valence-corrected chi connectivity index (χ4v) is 2.46. The molecule has 0 bridgehead atoms. The molecule has 0 aromatic heterocycles. The number of hydrogen-bond acceptors (Lipinski definition) is 5. The number of nitro groups is 1. The van der Waals surface area contributed by atoms with Crippen LogP contribution < -0.4 is 9.47 Å². The predicted molar refractivity (Wildman–Crippen MR) is 97.8 cm³/mol.